The quantitative estimate of drug-likeness (QED) is 0.155. The molecule has 0 aliphatic carbocycles. The van der Waals surface area contributed by atoms with E-state index >= 15 is 0 Å². The van der Waals surface area contributed by atoms with Gasteiger partial charge in [-0.15, -0.1) is 29.8 Å². The molecule has 4 aromatic carbocycles. The molecule has 7 nitrogen and oxygen atoms in total. The van der Waals surface area contributed by atoms with Crippen molar-refractivity contribution in [3.63, 3.8) is 0 Å². The van der Waals surface area contributed by atoms with Crippen LogP contribution in [0.1, 0.15) is 69.9 Å². The molecule has 282 valence electrons. The molecule has 8 rings (SSSR count). The number of benzene rings is 4. The van der Waals surface area contributed by atoms with Crippen molar-refractivity contribution in [3.05, 3.63) is 144 Å². The van der Waals surface area contributed by atoms with E-state index < -0.39 is 0 Å². The minimum Gasteiger partial charge on any atom is -0.459 e. The van der Waals surface area contributed by atoms with Crippen LogP contribution in [0.2, 0.25) is 0 Å². The first kappa shape index (κ1) is 38.7. The molecule has 0 fully saturated rings. The van der Waals surface area contributed by atoms with E-state index in [4.69, 9.17) is 29.7 Å². The molecular weight excluding hydrogens is 872 g/mol. The van der Waals surface area contributed by atoms with E-state index in [-0.39, 0.29) is 31.9 Å². The molecule has 0 atom stereocenters. The summed E-state index contributed by atoms with van der Waals surface area (Å²) in [5.74, 6) is 3.33. The average molecular weight is 916 g/mol. The average Bonchev–Trinajstić information content (AvgIpc) is 3.48. The summed E-state index contributed by atoms with van der Waals surface area (Å²) in [6.07, 6.45) is 1.94. The van der Waals surface area contributed by atoms with E-state index in [0.29, 0.717) is 17.5 Å². The Morgan fingerprint density at radius 3 is 2.04 bits per heavy atom. The van der Waals surface area contributed by atoms with Crippen molar-refractivity contribution in [1.82, 2.24) is 29.5 Å². The maximum atomic E-state index is 6.39. The number of hydrogen-bond acceptors (Lipinski definition) is 6. The summed E-state index contributed by atoms with van der Waals surface area (Å²) in [5, 5.41) is 2.17. The monoisotopic (exact) mass is 915 g/mol. The molecule has 0 aliphatic rings. The van der Waals surface area contributed by atoms with Crippen molar-refractivity contribution < 1.29 is 25.8 Å². The maximum absolute atomic E-state index is 6.39. The topological polar surface area (TPSA) is 78.6 Å². The first-order valence-corrected chi connectivity index (χ1v) is 18.7. The van der Waals surface area contributed by atoms with Gasteiger partial charge in [0.25, 0.3) is 0 Å². The SMILES string of the molecule is Cc1cnc(-c2[c-]c(Oc3ccc4c5ccccc5n(-c5[c-]cccc5)c4n3)ccc2)cc1-c1c(C)cc(-c2nc(C(C)(C)C)nc(C(C)(C)C)n2)cc1C.[Pt+2]. The molecule has 8 heteroatoms. The zero-order valence-corrected chi connectivity index (χ0v) is 35.5. The Bertz CT molecular complexity index is 2690. The number of hydrogen-bond donors (Lipinski definition) is 0. The molecule has 0 saturated heterocycles. The van der Waals surface area contributed by atoms with E-state index in [1.54, 1.807) is 0 Å². The second kappa shape index (κ2) is 14.9. The van der Waals surface area contributed by atoms with Gasteiger partial charge in [0.1, 0.15) is 17.3 Å². The van der Waals surface area contributed by atoms with E-state index in [1.165, 1.54) is 5.56 Å². The normalized spacial score (nSPS) is 11.9. The minimum atomic E-state index is -0.210. The number of aromatic nitrogens is 6. The second-order valence-corrected chi connectivity index (χ2v) is 16.3. The van der Waals surface area contributed by atoms with Crippen LogP contribution in [-0.4, -0.2) is 29.5 Å². The number of para-hydroxylation sites is 2. The van der Waals surface area contributed by atoms with Gasteiger partial charge in [0, 0.05) is 45.2 Å². The fourth-order valence-corrected chi connectivity index (χ4v) is 7.05. The van der Waals surface area contributed by atoms with Crippen LogP contribution in [0.15, 0.2) is 103 Å². The van der Waals surface area contributed by atoms with Gasteiger partial charge in [0.15, 0.2) is 5.82 Å². The van der Waals surface area contributed by atoms with Crippen LogP contribution in [-0.2, 0) is 31.9 Å². The number of pyridine rings is 2. The molecule has 0 bridgehead atoms. The molecule has 0 unspecified atom stereocenters. The second-order valence-electron chi connectivity index (χ2n) is 16.3. The van der Waals surface area contributed by atoms with Crippen molar-refractivity contribution in [1.29, 1.82) is 0 Å². The summed E-state index contributed by atoms with van der Waals surface area (Å²) in [5.41, 5.74) is 10.6. The smallest absolute Gasteiger partial charge is 0.459 e. The molecule has 4 heterocycles. The number of rotatable bonds is 6. The molecule has 56 heavy (non-hydrogen) atoms. The first-order chi connectivity index (χ1) is 26.2. The van der Waals surface area contributed by atoms with Crippen LogP contribution in [0.25, 0.3) is 61.4 Å². The number of aryl methyl sites for hydroxylation is 3. The van der Waals surface area contributed by atoms with Crippen LogP contribution < -0.4 is 4.74 Å². The van der Waals surface area contributed by atoms with Gasteiger partial charge < -0.3 is 14.3 Å². The fourth-order valence-electron chi connectivity index (χ4n) is 7.05. The van der Waals surface area contributed by atoms with Crippen molar-refractivity contribution in [2.45, 2.75) is 73.1 Å². The predicted molar refractivity (Wildman–Crippen MR) is 222 cm³/mol. The summed E-state index contributed by atoms with van der Waals surface area (Å²) in [4.78, 5) is 24.7. The van der Waals surface area contributed by atoms with Gasteiger partial charge >= 0.3 is 21.1 Å². The van der Waals surface area contributed by atoms with Gasteiger partial charge in [-0.3, -0.25) is 0 Å². The van der Waals surface area contributed by atoms with Gasteiger partial charge in [-0.05, 0) is 78.5 Å². The standard InChI is InChI=1S/C48H44N6O.Pt/c1-29-24-33(43-51-45(47(4,5)6)53-46(52-43)48(7,8)9)25-30(2)42(29)38-27-39(49-28-31(38)3)32-16-15-19-35(26-32)55-41-23-22-37-36-20-13-14-21-40(36)54(44(37)50-41)34-17-11-10-12-18-34;/h10-17,19-25,27-28H,1-9H3;/q-2;+2. The Morgan fingerprint density at radius 2 is 1.36 bits per heavy atom. The number of nitrogens with zero attached hydrogens (tertiary/aromatic N) is 6. The molecule has 0 amide bonds. The Kier molecular flexibility index (Phi) is 10.3. The minimum absolute atomic E-state index is 0. The molecule has 4 aromatic heterocycles. The molecule has 0 radical (unpaired) electrons. The Hall–Kier alpha value is -5.52. The van der Waals surface area contributed by atoms with Gasteiger partial charge in [-0.2, -0.15) is 29.2 Å². The van der Waals surface area contributed by atoms with Crippen LogP contribution in [0.5, 0.6) is 11.6 Å². The van der Waals surface area contributed by atoms with Crippen LogP contribution in [0.4, 0.5) is 0 Å². The van der Waals surface area contributed by atoms with Gasteiger partial charge in [0.05, 0.1) is 5.52 Å². The third-order valence-electron chi connectivity index (χ3n) is 9.83. The van der Waals surface area contributed by atoms with E-state index in [0.717, 1.165) is 78.3 Å². The van der Waals surface area contributed by atoms with Gasteiger partial charge in [-0.25, -0.2) is 15.0 Å². The number of ether oxygens (including phenoxy) is 1. The molecule has 8 aromatic rings. The molecule has 0 spiro atoms. The van der Waals surface area contributed by atoms with Gasteiger partial charge in [-0.1, -0.05) is 77.6 Å². The summed E-state index contributed by atoms with van der Waals surface area (Å²) < 4.78 is 8.52. The molecule has 0 aliphatic heterocycles. The Balaban J connectivity index is 0.00000480. The van der Waals surface area contributed by atoms with Crippen molar-refractivity contribution in [3.8, 4) is 51.1 Å². The zero-order valence-electron chi connectivity index (χ0n) is 33.2. The molecular formula is C48H44N6OPt. The van der Waals surface area contributed by atoms with Crippen molar-refractivity contribution in [2.75, 3.05) is 0 Å². The third-order valence-corrected chi connectivity index (χ3v) is 9.83. The third kappa shape index (κ3) is 7.41. The van der Waals surface area contributed by atoms with Gasteiger partial charge in [0.2, 0.25) is 5.88 Å². The number of fused-ring (bicyclic) bond motifs is 3. The summed E-state index contributed by atoms with van der Waals surface area (Å²) >= 11 is 0. The summed E-state index contributed by atoms with van der Waals surface area (Å²) in [6, 6.07) is 39.5. The summed E-state index contributed by atoms with van der Waals surface area (Å²) in [6.45, 7) is 19.3. The van der Waals surface area contributed by atoms with Crippen LogP contribution in [0.3, 0.4) is 0 Å². The Morgan fingerprint density at radius 1 is 0.661 bits per heavy atom. The predicted octanol–water partition coefficient (Wildman–Crippen LogP) is 11.7. The zero-order chi connectivity index (χ0) is 38.6. The van der Waals surface area contributed by atoms with Crippen LogP contribution in [0, 0.1) is 32.9 Å². The van der Waals surface area contributed by atoms with Crippen molar-refractivity contribution >= 4 is 21.9 Å². The first-order valence-electron chi connectivity index (χ1n) is 18.7. The van der Waals surface area contributed by atoms with E-state index in [2.05, 4.69) is 121 Å². The van der Waals surface area contributed by atoms with E-state index in [9.17, 15) is 0 Å². The molecule has 0 saturated carbocycles. The fraction of sp³-hybridized carbons (Fsp3) is 0.229. The summed E-state index contributed by atoms with van der Waals surface area (Å²) in [7, 11) is 0. The largest absolute Gasteiger partial charge is 2.00 e. The van der Waals surface area contributed by atoms with E-state index in [1.807, 2.05) is 60.8 Å². The Labute approximate surface area is 343 Å². The maximum Gasteiger partial charge on any atom is 2.00 e. The van der Waals surface area contributed by atoms with Crippen molar-refractivity contribution in [2.24, 2.45) is 0 Å². The molecule has 0 N–H and O–H groups in total. The van der Waals surface area contributed by atoms with Crippen LogP contribution >= 0.6 is 0 Å².